The van der Waals surface area contributed by atoms with Gasteiger partial charge < -0.3 is 20.3 Å². The van der Waals surface area contributed by atoms with Crippen LogP contribution >= 0.6 is 0 Å². The monoisotopic (exact) mass is 373 g/mol. The zero-order chi connectivity index (χ0) is 19.1. The van der Waals surface area contributed by atoms with E-state index in [1.54, 1.807) is 0 Å². The average molecular weight is 373 g/mol. The second-order valence-electron chi connectivity index (χ2n) is 5.90. The number of anilines is 2. The summed E-state index contributed by atoms with van der Waals surface area (Å²) in [5.74, 6) is 0.530. The molecule has 0 bridgehead atoms. The number of aromatic nitrogens is 4. The minimum absolute atomic E-state index is 0.242. The number of imidazole rings is 1. The first-order valence-corrected chi connectivity index (χ1v) is 7.87. The highest BCUT2D eigenvalue weighted by molar-refractivity contribution is 5.85. The highest BCUT2D eigenvalue weighted by Crippen LogP contribution is 2.32. The fraction of sp³-hybridized carbons (Fsp3) is 0.235. The predicted octanol–water partition coefficient (Wildman–Crippen LogP) is 1.10. The Morgan fingerprint density at radius 3 is 2.67 bits per heavy atom. The molecule has 0 unspecified atom stereocenters. The number of aliphatic hydroxyl groups excluding tert-OH is 2. The summed E-state index contributed by atoms with van der Waals surface area (Å²) in [6.07, 6.45) is 3.39. The molecule has 0 spiro atoms. The molecule has 0 saturated carbocycles. The lowest BCUT2D eigenvalue weighted by Crippen LogP contribution is -2.30. The van der Waals surface area contributed by atoms with E-state index in [1.807, 2.05) is 0 Å². The van der Waals surface area contributed by atoms with E-state index in [4.69, 9.17) is 11.2 Å². The summed E-state index contributed by atoms with van der Waals surface area (Å²) in [6, 6.07) is 3.32. The molecule has 8 nitrogen and oxygen atoms in total. The van der Waals surface area contributed by atoms with Crippen molar-refractivity contribution in [3.05, 3.63) is 42.5 Å². The maximum absolute atomic E-state index is 13.4. The van der Waals surface area contributed by atoms with Gasteiger partial charge in [-0.05, 0) is 12.1 Å². The Morgan fingerprint density at radius 2 is 1.96 bits per heavy atom. The number of hydrogen-bond acceptors (Lipinski definition) is 7. The quantitative estimate of drug-likeness (QED) is 0.591. The Hall–Kier alpha value is -3.13. The Morgan fingerprint density at radius 1 is 1.15 bits per heavy atom. The number of halogens is 2. The number of terminal acetylenes is 1. The number of fused-ring (bicyclic) bond motifs is 1. The predicted molar refractivity (Wildman–Crippen MR) is 89.7 cm³/mol. The van der Waals surface area contributed by atoms with Gasteiger partial charge in [-0.1, -0.05) is 5.92 Å². The van der Waals surface area contributed by atoms with E-state index in [2.05, 4.69) is 26.2 Å². The van der Waals surface area contributed by atoms with E-state index in [9.17, 15) is 19.0 Å². The van der Waals surface area contributed by atoms with Gasteiger partial charge in [0.2, 0.25) is 0 Å². The summed E-state index contributed by atoms with van der Waals surface area (Å²) < 4.78 is 33.4. The molecule has 0 aliphatic carbocycles. The lowest BCUT2D eigenvalue weighted by Gasteiger charge is -2.16. The molecular formula is C17H13F2N5O3. The maximum atomic E-state index is 13.4. The van der Waals surface area contributed by atoms with E-state index in [0.717, 1.165) is 12.1 Å². The van der Waals surface area contributed by atoms with Crippen LogP contribution in [0, 0.1) is 24.0 Å². The van der Waals surface area contributed by atoms with Gasteiger partial charge >= 0.3 is 0 Å². The van der Waals surface area contributed by atoms with Gasteiger partial charge in [0.1, 0.15) is 24.6 Å². The van der Waals surface area contributed by atoms with Crippen molar-refractivity contribution >= 4 is 22.7 Å². The minimum atomic E-state index is -1.28. The van der Waals surface area contributed by atoms with Crippen LogP contribution in [0.3, 0.4) is 0 Å². The topological polar surface area (TPSA) is 105 Å². The van der Waals surface area contributed by atoms with Gasteiger partial charge in [0.15, 0.2) is 34.8 Å². The first kappa shape index (κ1) is 17.3. The van der Waals surface area contributed by atoms with Crippen molar-refractivity contribution in [2.75, 3.05) is 5.32 Å². The van der Waals surface area contributed by atoms with Gasteiger partial charge in [0.05, 0.1) is 6.33 Å². The summed E-state index contributed by atoms with van der Waals surface area (Å²) in [4.78, 5) is 12.4. The molecule has 3 aromatic rings. The SMILES string of the molecule is C#C[C@H]1O[C@@H](n2cnc3c(Nc4ccc(F)c(F)c4)ncnc32)[C@H](O)[C@@H]1O. The van der Waals surface area contributed by atoms with Crippen LogP contribution in [0.1, 0.15) is 6.23 Å². The van der Waals surface area contributed by atoms with Crippen LogP contribution < -0.4 is 5.32 Å². The number of aliphatic hydroxyl groups is 2. The molecule has 3 N–H and O–H groups in total. The number of ether oxygens (including phenoxy) is 1. The first-order valence-electron chi connectivity index (χ1n) is 7.87. The van der Waals surface area contributed by atoms with Crippen molar-refractivity contribution in [3.63, 3.8) is 0 Å². The van der Waals surface area contributed by atoms with Gasteiger partial charge in [-0.2, -0.15) is 0 Å². The first-order chi connectivity index (χ1) is 13.0. The van der Waals surface area contributed by atoms with Crippen molar-refractivity contribution in [3.8, 4) is 12.3 Å². The number of nitrogens with zero attached hydrogens (tertiary/aromatic N) is 4. The molecule has 1 aliphatic heterocycles. The smallest absolute Gasteiger partial charge is 0.167 e. The fourth-order valence-electron chi connectivity index (χ4n) is 2.87. The summed E-state index contributed by atoms with van der Waals surface area (Å²) in [5.41, 5.74) is 0.865. The van der Waals surface area contributed by atoms with Gasteiger partial charge in [0.25, 0.3) is 0 Å². The molecule has 0 radical (unpaired) electrons. The highest BCUT2D eigenvalue weighted by Gasteiger charge is 2.43. The van der Waals surface area contributed by atoms with Gasteiger partial charge in [-0.15, -0.1) is 6.42 Å². The average Bonchev–Trinajstić information content (AvgIpc) is 3.21. The Labute approximate surface area is 151 Å². The van der Waals surface area contributed by atoms with E-state index in [1.165, 1.54) is 23.3 Å². The van der Waals surface area contributed by atoms with E-state index in [-0.39, 0.29) is 11.5 Å². The van der Waals surface area contributed by atoms with Crippen molar-refractivity contribution in [1.29, 1.82) is 0 Å². The molecule has 4 atom stereocenters. The molecule has 2 aromatic heterocycles. The van der Waals surface area contributed by atoms with E-state index in [0.29, 0.717) is 11.2 Å². The van der Waals surface area contributed by atoms with Gasteiger partial charge in [-0.3, -0.25) is 4.57 Å². The largest absolute Gasteiger partial charge is 0.386 e. The molecule has 4 rings (SSSR count). The molecule has 138 valence electrons. The van der Waals surface area contributed by atoms with Crippen LogP contribution in [0.15, 0.2) is 30.9 Å². The molecule has 1 fully saturated rings. The van der Waals surface area contributed by atoms with Crippen molar-refractivity contribution in [2.45, 2.75) is 24.5 Å². The normalized spacial score (nSPS) is 24.9. The number of nitrogens with one attached hydrogen (secondary N) is 1. The van der Waals surface area contributed by atoms with E-state index < -0.39 is 36.2 Å². The van der Waals surface area contributed by atoms with Gasteiger partial charge in [0, 0.05) is 11.8 Å². The third-order valence-corrected chi connectivity index (χ3v) is 4.22. The van der Waals surface area contributed by atoms with Crippen LogP contribution in [0.2, 0.25) is 0 Å². The number of rotatable bonds is 3. The third kappa shape index (κ3) is 2.87. The molecule has 0 amide bonds. The van der Waals surface area contributed by atoms with Crippen molar-refractivity contribution < 1.29 is 23.7 Å². The van der Waals surface area contributed by atoms with Crippen LogP contribution in [-0.2, 0) is 4.74 Å². The minimum Gasteiger partial charge on any atom is -0.386 e. The maximum Gasteiger partial charge on any atom is 0.167 e. The molecule has 10 heteroatoms. The summed E-state index contributed by atoms with van der Waals surface area (Å²) in [5, 5.41) is 23.0. The standard InChI is InChI=1S/C17H13F2N5O3/c1-2-11-13(25)14(26)17(27-11)24-7-22-12-15(20-6-21-16(12)24)23-8-3-4-9(18)10(19)5-8/h1,3-7,11,13-14,17,25-26H,(H,20,21,23)/t11-,13-,14-,17-/m1/s1. The summed E-state index contributed by atoms with van der Waals surface area (Å²) in [7, 11) is 0. The van der Waals surface area contributed by atoms with Crippen LogP contribution in [0.4, 0.5) is 20.3 Å². The van der Waals surface area contributed by atoms with Crippen LogP contribution in [0.25, 0.3) is 11.2 Å². The Bertz CT molecular complexity index is 1050. The number of hydrogen-bond donors (Lipinski definition) is 3. The summed E-state index contributed by atoms with van der Waals surface area (Å²) in [6.45, 7) is 0. The van der Waals surface area contributed by atoms with Crippen LogP contribution in [-0.4, -0.2) is 48.0 Å². The molecule has 1 aromatic carbocycles. The zero-order valence-electron chi connectivity index (χ0n) is 13.6. The second kappa shape index (κ2) is 6.55. The Balaban J connectivity index is 1.70. The third-order valence-electron chi connectivity index (χ3n) is 4.22. The highest BCUT2D eigenvalue weighted by atomic mass is 19.2. The van der Waals surface area contributed by atoms with Gasteiger partial charge in [-0.25, -0.2) is 23.7 Å². The lowest BCUT2D eigenvalue weighted by molar-refractivity contribution is -0.0230. The molecule has 1 saturated heterocycles. The Kier molecular flexibility index (Phi) is 4.19. The van der Waals surface area contributed by atoms with Crippen molar-refractivity contribution in [1.82, 2.24) is 19.5 Å². The van der Waals surface area contributed by atoms with Crippen LogP contribution in [0.5, 0.6) is 0 Å². The second-order valence-corrected chi connectivity index (χ2v) is 5.90. The summed E-state index contributed by atoms with van der Waals surface area (Å²) >= 11 is 0. The molecule has 3 heterocycles. The van der Waals surface area contributed by atoms with Crippen molar-refractivity contribution in [2.24, 2.45) is 0 Å². The van der Waals surface area contributed by atoms with E-state index >= 15 is 0 Å². The fourth-order valence-corrected chi connectivity index (χ4v) is 2.87. The molecule has 1 aliphatic rings. The molecule has 27 heavy (non-hydrogen) atoms. The lowest BCUT2D eigenvalue weighted by atomic mass is 10.1. The molecular weight excluding hydrogens is 360 g/mol. The zero-order valence-corrected chi connectivity index (χ0v) is 13.6. The number of benzene rings is 1.